The molecule has 0 spiro atoms. The number of likely N-dealkylation sites (N-methyl/N-ethyl adjacent to an activating group) is 1. The Morgan fingerprint density at radius 2 is 1.92 bits per heavy atom. The molecule has 3 N–H and O–H groups in total. The maximum atomic E-state index is 12.8. The highest BCUT2D eigenvalue weighted by atomic mass is 16.6. The van der Waals surface area contributed by atoms with Crippen molar-refractivity contribution in [2.24, 2.45) is 0 Å². The van der Waals surface area contributed by atoms with Gasteiger partial charge in [-0.1, -0.05) is 6.07 Å². The zero-order valence-electron chi connectivity index (χ0n) is 21.8. The van der Waals surface area contributed by atoms with Gasteiger partial charge in [0, 0.05) is 36.5 Å². The number of aromatic nitrogens is 5. The van der Waals surface area contributed by atoms with Gasteiger partial charge in [-0.2, -0.15) is 0 Å². The minimum absolute atomic E-state index is 0.160. The van der Waals surface area contributed by atoms with Gasteiger partial charge in [-0.3, -0.25) is 4.79 Å². The number of nitrogens with zero attached hydrogens (tertiary/aromatic N) is 6. The third-order valence-electron chi connectivity index (χ3n) is 5.89. The number of nitrogens with two attached hydrogens (primary N) is 1. The van der Waals surface area contributed by atoms with E-state index in [0.29, 0.717) is 58.8 Å². The van der Waals surface area contributed by atoms with Gasteiger partial charge in [0.2, 0.25) is 5.88 Å². The van der Waals surface area contributed by atoms with Crippen molar-refractivity contribution in [1.82, 2.24) is 29.7 Å². The van der Waals surface area contributed by atoms with Crippen molar-refractivity contribution in [3.8, 4) is 28.9 Å². The van der Waals surface area contributed by atoms with E-state index in [0.717, 1.165) is 12.1 Å². The lowest BCUT2D eigenvalue weighted by atomic mass is 10.2. The Morgan fingerprint density at radius 3 is 2.64 bits per heavy atom. The molecule has 5 aromatic rings. The summed E-state index contributed by atoms with van der Waals surface area (Å²) in [6.07, 6.45) is 1.61. The highest BCUT2D eigenvalue weighted by Crippen LogP contribution is 2.30. The molecule has 0 saturated heterocycles. The second-order valence-corrected chi connectivity index (χ2v) is 8.95. The van der Waals surface area contributed by atoms with Crippen molar-refractivity contribution in [3.05, 3.63) is 66.4 Å². The molecule has 0 saturated carbocycles. The maximum Gasteiger partial charge on any atom is 0.255 e. The Hall–Kier alpha value is -4.97. The van der Waals surface area contributed by atoms with E-state index in [4.69, 9.17) is 19.8 Å². The van der Waals surface area contributed by atoms with Crippen LogP contribution in [0.2, 0.25) is 0 Å². The molecular formula is C27H28N8O4. The number of aryl methyl sites for hydroxylation is 1. The van der Waals surface area contributed by atoms with Gasteiger partial charge in [0.05, 0.1) is 11.7 Å². The molecule has 0 atom stereocenters. The molecule has 0 fully saturated rings. The van der Waals surface area contributed by atoms with Crippen LogP contribution in [-0.2, 0) is 6.54 Å². The zero-order chi connectivity index (χ0) is 27.4. The van der Waals surface area contributed by atoms with Crippen LogP contribution in [0, 0.1) is 0 Å². The smallest absolute Gasteiger partial charge is 0.255 e. The predicted molar refractivity (Wildman–Crippen MR) is 146 cm³/mol. The molecule has 3 aromatic heterocycles. The molecule has 12 heteroatoms. The molecule has 2 aromatic carbocycles. The molecule has 0 aliphatic carbocycles. The van der Waals surface area contributed by atoms with E-state index in [1.807, 2.05) is 30.5 Å². The number of hydrogen-bond donors (Lipinski definition) is 2. The molecule has 0 unspecified atom stereocenters. The number of benzene rings is 2. The highest BCUT2D eigenvalue weighted by molar-refractivity contribution is 6.04. The van der Waals surface area contributed by atoms with Gasteiger partial charge in [-0.15, -0.1) is 0 Å². The largest absolute Gasteiger partial charge is 0.492 e. The SMILES string of the molecule is CCn1c(-c2nonc2N)nc2cnc(Oc3cccc(NC(=O)c4ccc(OCCN(C)C)cc4)c3)cc21. The number of nitrogens with one attached hydrogen (secondary N) is 1. The van der Waals surface area contributed by atoms with Crippen LogP contribution >= 0.6 is 0 Å². The lowest BCUT2D eigenvalue weighted by molar-refractivity contribution is 0.102. The van der Waals surface area contributed by atoms with Gasteiger partial charge in [0.1, 0.15) is 23.6 Å². The number of amides is 1. The van der Waals surface area contributed by atoms with Gasteiger partial charge >= 0.3 is 0 Å². The maximum absolute atomic E-state index is 12.8. The van der Waals surface area contributed by atoms with Crippen LogP contribution in [0.1, 0.15) is 17.3 Å². The summed E-state index contributed by atoms with van der Waals surface area (Å²) in [5.41, 5.74) is 8.77. The molecule has 200 valence electrons. The number of imidazole rings is 1. The summed E-state index contributed by atoms with van der Waals surface area (Å²) < 4.78 is 18.4. The number of hydrogen-bond acceptors (Lipinski definition) is 10. The van der Waals surface area contributed by atoms with Crippen LogP contribution in [0.3, 0.4) is 0 Å². The Kier molecular flexibility index (Phi) is 7.37. The highest BCUT2D eigenvalue weighted by Gasteiger charge is 2.19. The van der Waals surface area contributed by atoms with Crippen molar-refractivity contribution < 1.29 is 18.9 Å². The van der Waals surface area contributed by atoms with Crippen LogP contribution in [0.25, 0.3) is 22.6 Å². The van der Waals surface area contributed by atoms with Crippen molar-refractivity contribution in [1.29, 1.82) is 0 Å². The molecular weight excluding hydrogens is 500 g/mol. The second-order valence-electron chi connectivity index (χ2n) is 8.95. The molecule has 12 nitrogen and oxygen atoms in total. The first-order valence-corrected chi connectivity index (χ1v) is 12.3. The molecule has 3 heterocycles. The number of carbonyl (C=O) groups excluding carboxylic acids is 1. The Labute approximate surface area is 224 Å². The van der Waals surface area contributed by atoms with Crippen molar-refractivity contribution >= 4 is 28.4 Å². The van der Waals surface area contributed by atoms with Crippen LogP contribution < -0.4 is 20.5 Å². The summed E-state index contributed by atoms with van der Waals surface area (Å²) in [7, 11) is 3.97. The topological polar surface area (TPSA) is 146 Å². The third-order valence-corrected chi connectivity index (χ3v) is 5.89. The quantitative estimate of drug-likeness (QED) is 0.272. The van der Waals surface area contributed by atoms with Crippen LogP contribution in [0.5, 0.6) is 17.4 Å². The second kappa shape index (κ2) is 11.2. The standard InChI is InChI=1S/C27H28N8O4/c1-4-35-22-15-23(29-16-21(22)31-26(35)24-25(28)33-39-32-24)38-20-7-5-6-18(14-20)30-27(36)17-8-10-19(11-9-17)37-13-12-34(2)3/h5-11,14-16H,4,12-13H2,1-3H3,(H2,28,33)(H,30,36). The van der Waals surface area contributed by atoms with Crippen LogP contribution in [0.4, 0.5) is 11.5 Å². The average molecular weight is 529 g/mol. The number of nitrogen functional groups attached to an aromatic ring is 1. The van der Waals surface area contributed by atoms with Crippen molar-refractivity contribution in [2.75, 3.05) is 38.3 Å². The minimum Gasteiger partial charge on any atom is -0.492 e. The molecule has 39 heavy (non-hydrogen) atoms. The lowest BCUT2D eigenvalue weighted by Gasteiger charge is -2.11. The number of anilines is 2. The number of pyridine rings is 1. The summed E-state index contributed by atoms with van der Waals surface area (Å²) in [6.45, 7) is 3.96. The third kappa shape index (κ3) is 5.80. The van der Waals surface area contributed by atoms with E-state index in [-0.39, 0.29) is 11.7 Å². The van der Waals surface area contributed by atoms with Crippen molar-refractivity contribution in [2.45, 2.75) is 13.5 Å². The zero-order valence-corrected chi connectivity index (χ0v) is 21.8. The summed E-state index contributed by atoms with van der Waals surface area (Å²) in [5, 5.41) is 10.4. The minimum atomic E-state index is -0.243. The first kappa shape index (κ1) is 25.7. The molecule has 5 rings (SSSR count). The summed E-state index contributed by atoms with van der Waals surface area (Å²) >= 11 is 0. The summed E-state index contributed by atoms with van der Waals surface area (Å²) in [5.74, 6) is 2.04. The Morgan fingerprint density at radius 1 is 1.10 bits per heavy atom. The molecule has 1 amide bonds. The van der Waals surface area contributed by atoms with Gasteiger partial charge in [-0.25, -0.2) is 14.6 Å². The van der Waals surface area contributed by atoms with E-state index in [2.05, 4.69) is 25.6 Å². The molecule has 0 aliphatic heterocycles. The Bertz CT molecular complexity index is 1590. The fourth-order valence-electron chi connectivity index (χ4n) is 3.93. The van der Waals surface area contributed by atoms with E-state index >= 15 is 0 Å². The summed E-state index contributed by atoms with van der Waals surface area (Å²) in [4.78, 5) is 23.8. The average Bonchev–Trinajstić information content (AvgIpc) is 3.51. The molecule has 0 aliphatic rings. The van der Waals surface area contributed by atoms with Gasteiger partial charge in [0.15, 0.2) is 17.3 Å². The monoisotopic (exact) mass is 528 g/mol. The molecule has 0 bridgehead atoms. The van der Waals surface area contributed by atoms with Gasteiger partial charge in [-0.05, 0) is 67.7 Å². The fourth-order valence-corrected chi connectivity index (χ4v) is 3.93. The normalized spacial score (nSPS) is 11.2. The predicted octanol–water partition coefficient (Wildman–Crippen LogP) is 4.07. The van der Waals surface area contributed by atoms with Gasteiger partial charge < -0.3 is 30.0 Å². The first-order valence-electron chi connectivity index (χ1n) is 12.3. The van der Waals surface area contributed by atoms with Gasteiger partial charge in [0.25, 0.3) is 5.91 Å². The number of ether oxygens (including phenoxy) is 2. The fraction of sp³-hybridized carbons (Fsp3) is 0.222. The Balaban J connectivity index is 1.28. The number of carbonyl (C=O) groups is 1. The molecule has 0 radical (unpaired) electrons. The van der Waals surface area contributed by atoms with Crippen molar-refractivity contribution in [3.63, 3.8) is 0 Å². The number of rotatable bonds is 10. The van der Waals surface area contributed by atoms with E-state index in [1.54, 1.807) is 60.8 Å². The van der Waals surface area contributed by atoms with Crippen LogP contribution in [-0.4, -0.2) is 62.9 Å². The van der Waals surface area contributed by atoms with Crippen LogP contribution in [0.15, 0.2) is 65.4 Å². The lowest BCUT2D eigenvalue weighted by Crippen LogP contribution is -2.19. The van der Waals surface area contributed by atoms with E-state index in [9.17, 15) is 4.79 Å². The van der Waals surface area contributed by atoms with E-state index < -0.39 is 0 Å². The van der Waals surface area contributed by atoms with E-state index in [1.165, 1.54) is 0 Å². The summed E-state index contributed by atoms with van der Waals surface area (Å²) in [6, 6.07) is 15.9. The first-order chi connectivity index (χ1) is 18.9. The number of fused-ring (bicyclic) bond motifs is 1.